The molecule has 1 aromatic carbocycles. The van der Waals surface area contributed by atoms with Crippen molar-refractivity contribution in [3.05, 3.63) is 28.8 Å². The molecule has 1 atom stereocenters. The second kappa shape index (κ2) is 4.68. The van der Waals surface area contributed by atoms with Crippen molar-refractivity contribution in [2.24, 2.45) is 0 Å². The van der Waals surface area contributed by atoms with Crippen LogP contribution in [0, 0.1) is 0 Å². The van der Waals surface area contributed by atoms with Gasteiger partial charge < -0.3 is 11.1 Å². The van der Waals surface area contributed by atoms with E-state index in [-0.39, 0.29) is 17.4 Å². The number of carbonyl (C=O) groups excluding carboxylic acids is 1. The van der Waals surface area contributed by atoms with Gasteiger partial charge in [0.25, 0.3) is 5.91 Å². The summed E-state index contributed by atoms with van der Waals surface area (Å²) in [4.78, 5) is 12.1. The van der Waals surface area contributed by atoms with Crippen LogP contribution >= 0.6 is 11.6 Å². The first-order chi connectivity index (χ1) is 8.71. The number of rotatable bonds is 2. The highest BCUT2D eigenvalue weighted by atomic mass is 35.5. The highest BCUT2D eigenvalue weighted by Crippen LogP contribution is 2.24. The van der Waals surface area contributed by atoms with Crippen LogP contribution in [0.4, 0.5) is 5.69 Å². The Morgan fingerprint density at radius 3 is 2.68 bits per heavy atom. The molecule has 1 amide bonds. The fourth-order valence-corrected chi connectivity index (χ4v) is 4.35. The van der Waals surface area contributed by atoms with Gasteiger partial charge in [-0.25, -0.2) is 8.42 Å². The van der Waals surface area contributed by atoms with E-state index in [2.05, 4.69) is 5.32 Å². The van der Waals surface area contributed by atoms with Crippen LogP contribution in [-0.2, 0) is 9.84 Å². The maximum absolute atomic E-state index is 12.1. The third-order valence-electron chi connectivity index (χ3n) is 3.18. The number of hydrogen-bond acceptors (Lipinski definition) is 4. The molecule has 0 bridgehead atoms. The number of nitrogens with two attached hydrogens (primary N) is 1. The Balaban J connectivity index is 2.15. The third kappa shape index (κ3) is 3.19. The Morgan fingerprint density at radius 1 is 1.47 bits per heavy atom. The van der Waals surface area contributed by atoms with E-state index in [4.69, 9.17) is 17.3 Å². The Hall–Kier alpha value is -1.27. The second-order valence-electron chi connectivity index (χ2n) is 5.09. The Kier molecular flexibility index (Phi) is 3.49. The monoisotopic (exact) mass is 302 g/mol. The van der Waals surface area contributed by atoms with Gasteiger partial charge in [-0.15, -0.1) is 0 Å². The van der Waals surface area contributed by atoms with E-state index in [0.717, 1.165) is 0 Å². The summed E-state index contributed by atoms with van der Waals surface area (Å²) in [5.74, 6) is -0.274. The number of benzene rings is 1. The van der Waals surface area contributed by atoms with Crippen LogP contribution in [0.3, 0.4) is 0 Å². The third-order valence-corrected chi connectivity index (χ3v) is 5.42. The second-order valence-corrected chi connectivity index (χ2v) is 7.68. The molecule has 104 valence electrons. The summed E-state index contributed by atoms with van der Waals surface area (Å²) < 4.78 is 22.9. The summed E-state index contributed by atoms with van der Waals surface area (Å²) in [7, 11) is -3.06. The summed E-state index contributed by atoms with van der Waals surface area (Å²) in [6, 6.07) is 4.57. The van der Waals surface area contributed by atoms with Gasteiger partial charge in [0.1, 0.15) is 0 Å². The molecule has 7 heteroatoms. The van der Waals surface area contributed by atoms with Gasteiger partial charge in [0, 0.05) is 5.56 Å². The molecule has 1 saturated heterocycles. The molecule has 0 spiro atoms. The highest BCUT2D eigenvalue weighted by Gasteiger charge is 2.39. The molecule has 0 radical (unpaired) electrons. The van der Waals surface area contributed by atoms with Gasteiger partial charge in [-0.1, -0.05) is 11.6 Å². The largest absolute Gasteiger partial charge is 0.398 e. The van der Waals surface area contributed by atoms with Crippen molar-refractivity contribution in [2.45, 2.75) is 18.9 Å². The molecule has 1 fully saturated rings. The first-order valence-corrected chi connectivity index (χ1v) is 7.99. The van der Waals surface area contributed by atoms with Gasteiger partial charge in [-0.3, -0.25) is 4.79 Å². The zero-order valence-corrected chi connectivity index (χ0v) is 12.0. The first kappa shape index (κ1) is 14.1. The molecule has 1 aliphatic rings. The lowest BCUT2D eigenvalue weighted by molar-refractivity contribution is 0.0915. The fourth-order valence-electron chi connectivity index (χ4n) is 2.14. The molecular formula is C12H15ClN2O3S. The molecule has 1 aromatic rings. The van der Waals surface area contributed by atoms with Crippen molar-refractivity contribution in [2.75, 3.05) is 17.2 Å². The van der Waals surface area contributed by atoms with E-state index in [1.54, 1.807) is 19.1 Å². The van der Waals surface area contributed by atoms with Gasteiger partial charge in [0.15, 0.2) is 9.84 Å². The van der Waals surface area contributed by atoms with E-state index in [1.165, 1.54) is 6.07 Å². The number of nitrogens with one attached hydrogen (secondary N) is 1. The van der Waals surface area contributed by atoms with E-state index in [9.17, 15) is 13.2 Å². The van der Waals surface area contributed by atoms with Crippen molar-refractivity contribution in [1.29, 1.82) is 0 Å². The number of nitrogen functional groups attached to an aromatic ring is 1. The average molecular weight is 303 g/mol. The van der Waals surface area contributed by atoms with Gasteiger partial charge in [-0.05, 0) is 31.5 Å². The van der Waals surface area contributed by atoms with Gasteiger partial charge in [-0.2, -0.15) is 0 Å². The van der Waals surface area contributed by atoms with Crippen LogP contribution < -0.4 is 11.1 Å². The number of halogens is 1. The zero-order chi connectivity index (χ0) is 14.3. The van der Waals surface area contributed by atoms with Crippen molar-refractivity contribution >= 4 is 33.0 Å². The van der Waals surface area contributed by atoms with E-state index >= 15 is 0 Å². The van der Waals surface area contributed by atoms with Crippen molar-refractivity contribution < 1.29 is 13.2 Å². The van der Waals surface area contributed by atoms with Crippen LogP contribution in [-0.4, -0.2) is 31.4 Å². The zero-order valence-electron chi connectivity index (χ0n) is 10.4. The van der Waals surface area contributed by atoms with E-state index in [0.29, 0.717) is 22.7 Å². The standard InChI is InChI=1S/C12H15ClN2O3S/c1-12(4-5-19(17,18)7-12)15-11(16)8-2-3-9(13)10(14)6-8/h2-3,6H,4-5,7,14H2,1H3,(H,15,16). The molecule has 1 aliphatic heterocycles. The highest BCUT2D eigenvalue weighted by molar-refractivity contribution is 7.91. The number of hydrogen-bond donors (Lipinski definition) is 2. The first-order valence-electron chi connectivity index (χ1n) is 5.79. The molecule has 0 aliphatic carbocycles. The molecule has 3 N–H and O–H groups in total. The predicted octanol–water partition coefficient (Wildman–Crippen LogP) is 1.23. The van der Waals surface area contributed by atoms with E-state index < -0.39 is 15.4 Å². The van der Waals surface area contributed by atoms with Crippen molar-refractivity contribution in [1.82, 2.24) is 5.32 Å². The molecular weight excluding hydrogens is 288 g/mol. The Labute approximate surface area is 117 Å². The van der Waals surface area contributed by atoms with Crippen molar-refractivity contribution in [3.63, 3.8) is 0 Å². The lowest BCUT2D eigenvalue weighted by Gasteiger charge is -2.24. The van der Waals surface area contributed by atoms with Gasteiger partial charge in [0.05, 0.1) is 27.8 Å². The van der Waals surface area contributed by atoms with Crippen LogP contribution in [0.5, 0.6) is 0 Å². The summed E-state index contributed by atoms with van der Waals surface area (Å²) in [5.41, 5.74) is 5.60. The summed E-state index contributed by atoms with van der Waals surface area (Å²) >= 11 is 5.78. The minimum absolute atomic E-state index is 0.0329. The maximum atomic E-state index is 12.1. The topological polar surface area (TPSA) is 89.3 Å². The molecule has 0 saturated carbocycles. The lowest BCUT2D eigenvalue weighted by Crippen LogP contribution is -2.46. The number of sulfone groups is 1. The number of amides is 1. The predicted molar refractivity (Wildman–Crippen MR) is 75.0 cm³/mol. The molecule has 0 aromatic heterocycles. The summed E-state index contributed by atoms with van der Waals surface area (Å²) in [6.07, 6.45) is 0.421. The fraction of sp³-hybridized carbons (Fsp3) is 0.417. The molecule has 1 unspecified atom stereocenters. The van der Waals surface area contributed by atoms with Crippen LogP contribution in [0.25, 0.3) is 0 Å². The summed E-state index contributed by atoms with van der Waals surface area (Å²) in [6.45, 7) is 1.73. The minimum Gasteiger partial charge on any atom is -0.398 e. The van der Waals surface area contributed by atoms with Gasteiger partial charge >= 0.3 is 0 Å². The minimum atomic E-state index is -3.06. The number of carbonyl (C=O) groups is 1. The van der Waals surface area contributed by atoms with Gasteiger partial charge in [0.2, 0.25) is 0 Å². The molecule has 5 nitrogen and oxygen atoms in total. The Morgan fingerprint density at radius 2 is 2.16 bits per heavy atom. The normalized spacial score (nSPS) is 25.2. The lowest BCUT2D eigenvalue weighted by atomic mass is 10.0. The Bertz CT molecular complexity index is 630. The quantitative estimate of drug-likeness (QED) is 0.804. The number of anilines is 1. The smallest absolute Gasteiger partial charge is 0.251 e. The summed E-state index contributed by atoms with van der Waals surface area (Å²) in [5, 5.41) is 3.14. The molecule has 19 heavy (non-hydrogen) atoms. The van der Waals surface area contributed by atoms with Crippen LogP contribution in [0.15, 0.2) is 18.2 Å². The van der Waals surface area contributed by atoms with Crippen LogP contribution in [0.2, 0.25) is 5.02 Å². The molecule has 1 heterocycles. The SMILES string of the molecule is CC1(NC(=O)c2ccc(Cl)c(N)c2)CCS(=O)(=O)C1. The van der Waals surface area contributed by atoms with Crippen LogP contribution in [0.1, 0.15) is 23.7 Å². The van der Waals surface area contributed by atoms with Crippen molar-refractivity contribution in [3.8, 4) is 0 Å². The maximum Gasteiger partial charge on any atom is 0.251 e. The average Bonchev–Trinajstić information content (AvgIpc) is 2.56. The molecule has 2 rings (SSSR count). The van der Waals surface area contributed by atoms with E-state index in [1.807, 2.05) is 0 Å².